The Labute approximate surface area is 284 Å². The molecule has 5 heteroatoms. The van der Waals surface area contributed by atoms with Gasteiger partial charge in [0.2, 0.25) is 0 Å². The van der Waals surface area contributed by atoms with Crippen LogP contribution in [0.1, 0.15) is 181 Å². The van der Waals surface area contributed by atoms with E-state index in [9.17, 15) is 14.7 Å². The average Bonchev–Trinajstić information content (AvgIpc) is 3.06. The van der Waals surface area contributed by atoms with Gasteiger partial charge in [-0.1, -0.05) is 146 Å². The lowest BCUT2D eigenvalue weighted by Gasteiger charge is -2.15. The van der Waals surface area contributed by atoms with Crippen LogP contribution >= 0.6 is 0 Å². The van der Waals surface area contributed by atoms with Gasteiger partial charge < -0.3 is 14.6 Å². The molecule has 5 nitrogen and oxygen atoms in total. The number of unbranched alkanes of at least 4 members (excludes halogenated alkanes) is 18. The number of esters is 2. The molecule has 0 spiro atoms. The molecule has 0 aromatic heterocycles. The zero-order chi connectivity index (χ0) is 33.6. The predicted octanol–water partition coefficient (Wildman–Crippen LogP) is 11.8. The quantitative estimate of drug-likeness (QED) is 0.0429. The third-order valence-corrected chi connectivity index (χ3v) is 8.11. The summed E-state index contributed by atoms with van der Waals surface area (Å²) in [4.78, 5) is 24.2. The fraction of sp³-hybridized carbons (Fsp3) is 0.756. The summed E-state index contributed by atoms with van der Waals surface area (Å²) in [5.74, 6) is -0.617. The van der Waals surface area contributed by atoms with Gasteiger partial charge >= 0.3 is 11.9 Å². The van der Waals surface area contributed by atoms with Gasteiger partial charge in [-0.3, -0.25) is 9.59 Å². The van der Waals surface area contributed by atoms with Crippen molar-refractivity contribution in [3.05, 3.63) is 48.6 Å². The summed E-state index contributed by atoms with van der Waals surface area (Å²) in [5, 5.41) is 9.54. The van der Waals surface area contributed by atoms with Gasteiger partial charge in [-0.2, -0.15) is 0 Å². The number of rotatable bonds is 34. The third kappa shape index (κ3) is 34.7. The lowest BCUT2D eigenvalue weighted by molar-refractivity contribution is -0.161. The van der Waals surface area contributed by atoms with Gasteiger partial charge in [0.25, 0.3) is 0 Å². The van der Waals surface area contributed by atoms with E-state index in [2.05, 4.69) is 62.5 Å². The van der Waals surface area contributed by atoms with E-state index in [-0.39, 0.29) is 25.2 Å². The maximum Gasteiger partial charge on any atom is 0.306 e. The highest BCUT2D eigenvalue weighted by molar-refractivity contribution is 5.70. The molecule has 0 saturated carbocycles. The molecule has 1 unspecified atom stereocenters. The van der Waals surface area contributed by atoms with Crippen molar-refractivity contribution >= 4 is 11.9 Å². The summed E-state index contributed by atoms with van der Waals surface area (Å²) in [6.07, 6.45) is 45.9. The summed E-state index contributed by atoms with van der Waals surface area (Å²) in [6.45, 7) is 4.00. The van der Waals surface area contributed by atoms with Crippen molar-refractivity contribution in [2.75, 3.05) is 13.2 Å². The first-order valence-electron chi connectivity index (χ1n) is 19.2. The molecule has 0 aliphatic rings. The standard InChI is InChI=1S/C41H72O5/c1-3-5-7-9-11-13-15-17-19-20-22-24-26-28-30-32-34-36-41(44)46-39(37-42)38-45-40(43)35-33-31-29-27-25-23-21-18-16-14-12-10-8-6-4-2/h6,8,12,14,17-19,21,39,42H,3-5,7,9-11,13,15-16,20,22-38H2,1-2H3. The number of carbonyl (C=O) groups is 2. The van der Waals surface area contributed by atoms with Crippen LogP contribution in [-0.2, 0) is 19.1 Å². The van der Waals surface area contributed by atoms with Gasteiger partial charge in [0, 0.05) is 12.8 Å². The van der Waals surface area contributed by atoms with E-state index in [1.54, 1.807) is 0 Å². The lowest BCUT2D eigenvalue weighted by Crippen LogP contribution is -2.28. The maximum atomic E-state index is 12.2. The number of hydrogen-bond donors (Lipinski definition) is 1. The van der Waals surface area contributed by atoms with Gasteiger partial charge in [-0.25, -0.2) is 0 Å². The normalized spacial score (nSPS) is 12.7. The highest BCUT2D eigenvalue weighted by Crippen LogP contribution is 2.13. The van der Waals surface area contributed by atoms with Crippen LogP contribution in [0.3, 0.4) is 0 Å². The Hall–Kier alpha value is -2.14. The summed E-state index contributed by atoms with van der Waals surface area (Å²) in [6, 6.07) is 0. The van der Waals surface area contributed by atoms with Gasteiger partial charge in [0.1, 0.15) is 6.61 Å². The van der Waals surface area contributed by atoms with E-state index in [1.807, 2.05) is 0 Å². The van der Waals surface area contributed by atoms with Crippen LogP contribution < -0.4 is 0 Å². The largest absolute Gasteiger partial charge is 0.462 e. The molecule has 0 amide bonds. The number of aliphatic hydroxyl groups is 1. The highest BCUT2D eigenvalue weighted by atomic mass is 16.6. The summed E-state index contributed by atoms with van der Waals surface area (Å²) in [5.41, 5.74) is 0. The Morgan fingerprint density at radius 2 is 0.935 bits per heavy atom. The second kappa shape index (κ2) is 37.3. The molecule has 0 saturated heterocycles. The molecule has 1 atom stereocenters. The molecular weight excluding hydrogens is 572 g/mol. The predicted molar refractivity (Wildman–Crippen MR) is 196 cm³/mol. The maximum absolute atomic E-state index is 12.2. The van der Waals surface area contributed by atoms with Crippen LogP contribution in [-0.4, -0.2) is 36.4 Å². The Morgan fingerprint density at radius 1 is 0.522 bits per heavy atom. The van der Waals surface area contributed by atoms with E-state index < -0.39 is 6.10 Å². The van der Waals surface area contributed by atoms with E-state index in [1.165, 1.54) is 83.5 Å². The number of hydrogen-bond acceptors (Lipinski definition) is 5. The second-order valence-corrected chi connectivity index (χ2v) is 12.6. The topological polar surface area (TPSA) is 72.8 Å². The van der Waals surface area contributed by atoms with Crippen molar-refractivity contribution in [3.63, 3.8) is 0 Å². The fourth-order valence-electron chi connectivity index (χ4n) is 5.21. The molecule has 0 aliphatic carbocycles. The lowest BCUT2D eigenvalue weighted by atomic mass is 10.1. The monoisotopic (exact) mass is 645 g/mol. The molecule has 0 aromatic carbocycles. The van der Waals surface area contributed by atoms with Gasteiger partial charge in [-0.15, -0.1) is 0 Å². The van der Waals surface area contributed by atoms with Crippen LogP contribution in [0.15, 0.2) is 48.6 Å². The molecule has 46 heavy (non-hydrogen) atoms. The molecule has 0 rings (SSSR count). The van der Waals surface area contributed by atoms with Crippen molar-refractivity contribution in [1.82, 2.24) is 0 Å². The minimum Gasteiger partial charge on any atom is -0.462 e. The molecule has 0 radical (unpaired) electrons. The zero-order valence-corrected chi connectivity index (χ0v) is 30.1. The van der Waals surface area contributed by atoms with Crippen LogP contribution in [0.4, 0.5) is 0 Å². The third-order valence-electron chi connectivity index (χ3n) is 8.11. The Morgan fingerprint density at radius 3 is 1.43 bits per heavy atom. The van der Waals surface area contributed by atoms with Crippen LogP contribution in [0.5, 0.6) is 0 Å². The van der Waals surface area contributed by atoms with E-state index in [0.717, 1.165) is 70.6 Å². The summed E-state index contributed by atoms with van der Waals surface area (Å²) in [7, 11) is 0. The number of carbonyl (C=O) groups excluding carboxylic acids is 2. The molecule has 0 heterocycles. The van der Waals surface area contributed by atoms with Crippen molar-refractivity contribution in [1.29, 1.82) is 0 Å². The first-order chi connectivity index (χ1) is 22.6. The van der Waals surface area contributed by atoms with Crippen molar-refractivity contribution in [2.24, 2.45) is 0 Å². The van der Waals surface area contributed by atoms with Crippen molar-refractivity contribution in [2.45, 2.75) is 187 Å². The highest BCUT2D eigenvalue weighted by Gasteiger charge is 2.16. The summed E-state index contributed by atoms with van der Waals surface area (Å²) >= 11 is 0. The first kappa shape index (κ1) is 43.9. The molecule has 266 valence electrons. The van der Waals surface area contributed by atoms with E-state index in [0.29, 0.717) is 12.8 Å². The number of ether oxygens (including phenoxy) is 2. The average molecular weight is 645 g/mol. The van der Waals surface area contributed by atoms with Crippen LogP contribution in [0.25, 0.3) is 0 Å². The van der Waals surface area contributed by atoms with Gasteiger partial charge in [0.05, 0.1) is 6.61 Å². The molecule has 0 fully saturated rings. The van der Waals surface area contributed by atoms with Gasteiger partial charge in [0.15, 0.2) is 6.10 Å². The van der Waals surface area contributed by atoms with Gasteiger partial charge in [-0.05, 0) is 70.6 Å². The van der Waals surface area contributed by atoms with E-state index >= 15 is 0 Å². The first-order valence-corrected chi connectivity index (χ1v) is 19.2. The Bertz CT molecular complexity index is 782. The summed E-state index contributed by atoms with van der Waals surface area (Å²) < 4.78 is 10.6. The van der Waals surface area contributed by atoms with Crippen LogP contribution in [0, 0.1) is 0 Å². The number of aliphatic hydroxyl groups excluding tert-OH is 1. The SMILES string of the molecule is CCC=CCC=CCC=CCCCCCCCC(=O)OCC(CO)OC(=O)CCCCCCCCCC=CCCCCCCCC. The Balaban J connectivity index is 3.59. The fourth-order valence-corrected chi connectivity index (χ4v) is 5.21. The molecular formula is C41H72O5. The van der Waals surface area contributed by atoms with Crippen LogP contribution in [0.2, 0.25) is 0 Å². The van der Waals surface area contributed by atoms with E-state index in [4.69, 9.17) is 9.47 Å². The molecule has 0 bridgehead atoms. The Kier molecular flexibility index (Phi) is 35.6. The smallest absolute Gasteiger partial charge is 0.306 e. The molecule has 0 aromatic rings. The number of allylic oxidation sites excluding steroid dienone is 8. The molecule has 0 aliphatic heterocycles. The zero-order valence-electron chi connectivity index (χ0n) is 30.1. The van der Waals surface area contributed by atoms with Crippen molar-refractivity contribution < 1.29 is 24.2 Å². The minimum atomic E-state index is -0.780. The second-order valence-electron chi connectivity index (χ2n) is 12.6. The minimum absolute atomic E-state index is 0.0771. The van der Waals surface area contributed by atoms with Crippen molar-refractivity contribution in [3.8, 4) is 0 Å². The molecule has 1 N–H and O–H groups in total.